The molecule has 0 aliphatic heterocycles. The lowest BCUT2D eigenvalue weighted by Crippen LogP contribution is -2.31. The van der Waals surface area contributed by atoms with Crippen LogP contribution in [0.1, 0.15) is 23.6 Å². The first-order valence-electron chi connectivity index (χ1n) is 6.61. The zero-order valence-corrected chi connectivity index (χ0v) is 12.0. The first-order chi connectivity index (χ1) is 10.3. The molecule has 2 heterocycles. The van der Waals surface area contributed by atoms with E-state index in [4.69, 9.17) is 17.5 Å². The monoisotopic (exact) mass is 295 g/mol. The van der Waals surface area contributed by atoms with Crippen LogP contribution >= 0.6 is 12.2 Å². The van der Waals surface area contributed by atoms with Crippen molar-refractivity contribution < 1.29 is 0 Å². The molecule has 0 radical (unpaired) electrons. The second-order valence-electron chi connectivity index (χ2n) is 4.81. The predicted molar refractivity (Wildman–Crippen MR) is 83.7 cm³/mol. The number of nitrogens with one attached hydrogen (secondary N) is 2. The first kappa shape index (κ1) is 13.5. The van der Waals surface area contributed by atoms with E-state index >= 15 is 0 Å². The van der Waals surface area contributed by atoms with E-state index in [0.29, 0.717) is 22.4 Å². The summed E-state index contributed by atoms with van der Waals surface area (Å²) in [6, 6.07) is 11.7. The number of thiocarbonyl (C=S) groups is 1. The van der Waals surface area contributed by atoms with E-state index in [0.717, 1.165) is 12.1 Å². The minimum Gasteiger partial charge on any atom is -0.359 e. The maximum atomic E-state index is 9.01. The number of rotatable bonds is 3. The zero-order chi connectivity index (χ0) is 14.7. The number of pyridine rings is 2. The van der Waals surface area contributed by atoms with Gasteiger partial charge in [0.1, 0.15) is 11.9 Å². The third-order valence-electron chi connectivity index (χ3n) is 3.33. The molecular weight excluding hydrogens is 282 g/mol. The standard InChI is InChI=1S/C15H13N5S/c16-9-10-4-3-7-18-14(10)20-15(21)19-13-8-11(13)12-5-1-2-6-17-12/h1-7,11,13H,8H2,(H2,18,19,20,21). The van der Waals surface area contributed by atoms with E-state index in [1.165, 1.54) is 0 Å². The van der Waals surface area contributed by atoms with Crippen molar-refractivity contribution in [1.29, 1.82) is 5.26 Å². The molecule has 0 aromatic carbocycles. The van der Waals surface area contributed by atoms with Crippen molar-refractivity contribution in [3.63, 3.8) is 0 Å². The maximum absolute atomic E-state index is 9.01. The van der Waals surface area contributed by atoms with Crippen LogP contribution in [-0.2, 0) is 0 Å². The Hall–Kier alpha value is -2.52. The summed E-state index contributed by atoms with van der Waals surface area (Å²) in [5.41, 5.74) is 1.55. The van der Waals surface area contributed by atoms with Gasteiger partial charge in [0.15, 0.2) is 5.11 Å². The second kappa shape index (κ2) is 5.85. The summed E-state index contributed by atoms with van der Waals surface area (Å²) in [4.78, 5) is 8.47. The quantitative estimate of drug-likeness (QED) is 0.846. The Labute approximate surface area is 128 Å². The van der Waals surface area contributed by atoms with E-state index in [-0.39, 0.29) is 6.04 Å². The summed E-state index contributed by atoms with van der Waals surface area (Å²) < 4.78 is 0. The van der Waals surface area contributed by atoms with E-state index in [1.54, 1.807) is 24.5 Å². The molecule has 2 aromatic rings. The van der Waals surface area contributed by atoms with E-state index in [1.807, 2.05) is 18.2 Å². The van der Waals surface area contributed by atoms with Gasteiger partial charge >= 0.3 is 0 Å². The molecule has 2 atom stereocenters. The molecule has 2 aromatic heterocycles. The van der Waals surface area contributed by atoms with Gasteiger partial charge in [-0.25, -0.2) is 4.98 Å². The molecule has 3 rings (SSSR count). The number of hydrogen-bond acceptors (Lipinski definition) is 4. The van der Waals surface area contributed by atoms with Gasteiger partial charge < -0.3 is 10.6 Å². The average molecular weight is 295 g/mol. The summed E-state index contributed by atoms with van der Waals surface area (Å²) in [5, 5.41) is 15.7. The molecule has 1 aliphatic rings. The molecule has 6 heteroatoms. The van der Waals surface area contributed by atoms with E-state index in [9.17, 15) is 0 Å². The van der Waals surface area contributed by atoms with Crippen molar-refractivity contribution in [3.05, 3.63) is 54.0 Å². The fourth-order valence-electron chi connectivity index (χ4n) is 2.18. The molecule has 2 unspecified atom stereocenters. The number of nitriles is 1. The van der Waals surface area contributed by atoms with Crippen LogP contribution in [0.5, 0.6) is 0 Å². The van der Waals surface area contributed by atoms with E-state index in [2.05, 4.69) is 26.7 Å². The smallest absolute Gasteiger partial charge is 0.172 e. The largest absolute Gasteiger partial charge is 0.359 e. The molecular formula is C15H13N5S. The fraction of sp³-hybridized carbons (Fsp3) is 0.200. The highest BCUT2D eigenvalue weighted by atomic mass is 32.1. The first-order valence-corrected chi connectivity index (χ1v) is 7.02. The highest BCUT2D eigenvalue weighted by Gasteiger charge is 2.39. The minimum atomic E-state index is 0.286. The summed E-state index contributed by atoms with van der Waals surface area (Å²) in [6.07, 6.45) is 4.43. The molecule has 0 saturated heterocycles. The number of hydrogen-bond donors (Lipinski definition) is 2. The molecule has 1 saturated carbocycles. The summed E-state index contributed by atoms with van der Waals surface area (Å²) >= 11 is 5.27. The van der Waals surface area contributed by atoms with Gasteiger partial charge in [-0.2, -0.15) is 5.26 Å². The molecule has 0 spiro atoms. The third kappa shape index (κ3) is 3.15. The predicted octanol–water partition coefficient (Wildman–Crippen LogP) is 2.19. The van der Waals surface area contributed by atoms with Crippen LogP contribution in [0.2, 0.25) is 0 Å². The van der Waals surface area contributed by atoms with Gasteiger partial charge in [-0.1, -0.05) is 6.07 Å². The summed E-state index contributed by atoms with van der Waals surface area (Å²) in [5.74, 6) is 0.873. The molecule has 104 valence electrons. The van der Waals surface area contributed by atoms with Gasteiger partial charge in [-0.3, -0.25) is 4.98 Å². The molecule has 0 amide bonds. The van der Waals surface area contributed by atoms with Crippen LogP contribution in [0.25, 0.3) is 0 Å². The van der Waals surface area contributed by atoms with Gasteiger partial charge in [0.2, 0.25) is 0 Å². The molecule has 1 aliphatic carbocycles. The number of aromatic nitrogens is 2. The Morgan fingerprint density at radius 1 is 1.24 bits per heavy atom. The minimum absolute atomic E-state index is 0.286. The SMILES string of the molecule is N#Cc1cccnc1NC(=S)NC1CC1c1ccccn1. The Morgan fingerprint density at radius 3 is 2.86 bits per heavy atom. The van der Waals surface area contributed by atoms with Gasteiger partial charge in [0.25, 0.3) is 0 Å². The average Bonchev–Trinajstić information content (AvgIpc) is 3.27. The summed E-state index contributed by atoms with van der Waals surface area (Å²) in [7, 11) is 0. The topological polar surface area (TPSA) is 73.6 Å². The van der Waals surface area contributed by atoms with Crippen LogP contribution in [0.4, 0.5) is 5.82 Å². The van der Waals surface area contributed by atoms with Crippen molar-refractivity contribution >= 4 is 23.1 Å². The molecule has 0 bridgehead atoms. The Kier molecular flexibility index (Phi) is 3.75. The van der Waals surface area contributed by atoms with Crippen LogP contribution < -0.4 is 10.6 Å². The molecule has 21 heavy (non-hydrogen) atoms. The van der Waals surface area contributed by atoms with Crippen molar-refractivity contribution in [1.82, 2.24) is 15.3 Å². The van der Waals surface area contributed by atoms with Gasteiger partial charge in [0.05, 0.1) is 5.56 Å². The van der Waals surface area contributed by atoms with E-state index < -0.39 is 0 Å². The van der Waals surface area contributed by atoms with Gasteiger partial charge in [-0.05, 0) is 42.9 Å². The van der Waals surface area contributed by atoms with Crippen LogP contribution in [-0.4, -0.2) is 21.1 Å². The van der Waals surface area contributed by atoms with Crippen LogP contribution in [0.3, 0.4) is 0 Å². The third-order valence-corrected chi connectivity index (χ3v) is 3.55. The lowest BCUT2D eigenvalue weighted by molar-refractivity contribution is 0.858. The normalized spacial score (nSPS) is 19.4. The highest BCUT2D eigenvalue weighted by Crippen LogP contribution is 2.39. The maximum Gasteiger partial charge on any atom is 0.172 e. The fourth-order valence-corrected chi connectivity index (χ4v) is 2.43. The molecule has 2 N–H and O–H groups in total. The highest BCUT2D eigenvalue weighted by molar-refractivity contribution is 7.80. The molecule has 5 nitrogen and oxygen atoms in total. The van der Waals surface area contributed by atoms with Crippen molar-refractivity contribution in [2.75, 3.05) is 5.32 Å². The Balaban J connectivity index is 1.58. The molecule has 1 fully saturated rings. The van der Waals surface area contributed by atoms with Gasteiger partial charge in [0, 0.05) is 30.0 Å². The Morgan fingerprint density at radius 2 is 2.10 bits per heavy atom. The van der Waals surface area contributed by atoms with Crippen molar-refractivity contribution in [2.24, 2.45) is 0 Å². The van der Waals surface area contributed by atoms with Crippen molar-refractivity contribution in [3.8, 4) is 6.07 Å². The van der Waals surface area contributed by atoms with Gasteiger partial charge in [-0.15, -0.1) is 0 Å². The number of nitrogens with zero attached hydrogens (tertiary/aromatic N) is 3. The van der Waals surface area contributed by atoms with Crippen LogP contribution in [0, 0.1) is 11.3 Å². The lowest BCUT2D eigenvalue weighted by Gasteiger charge is -2.10. The Bertz CT molecular complexity index is 695. The van der Waals surface area contributed by atoms with Crippen molar-refractivity contribution in [2.45, 2.75) is 18.4 Å². The second-order valence-corrected chi connectivity index (χ2v) is 5.22. The summed E-state index contributed by atoms with van der Waals surface area (Å²) in [6.45, 7) is 0. The number of anilines is 1. The lowest BCUT2D eigenvalue weighted by atomic mass is 10.2. The zero-order valence-electron chi connectivity index (χ0n) is 11.2. The van der Waals surface area contributed by atoms with Crippen LogP contribution in [0.15, 0.2) is 42.7 Å².